The molecule has 1 saturated heterocycles. The van der Waals surface area contributed by atoms with Crippen LogP contribution in [0.5, 0.6) is 0 Å². The van der Waals surface area contributed by atoms with Crippen molar-refractivity contribution in [2.45, 2.75) is 24.6 Å². The third-order valence-corrected chi connectivity index (χ3v) is 6.80. The van der Waals surface area contributed by atoms with Gasteiger partial charge >= 0.3 is 5.97 Å². The van der Waals surface area contributed by atoms with Crippen molar-refractivity contribution in [2.24, 2.45) is 0 Å². The van der Waals surface area contributed by atoms with Gasteiger partial charge in [0, 0.05) is 13.1 Å². The summed E-state index contributed by atoms with van der Waals surface area (Å²) in [4.78, 5) is 15.2. The van der Waals surface area contributed by atoms with Crippen LogP contribution in [-0.4, -0.2) is 62.5 Å². The van der Waals surface area contributed by atoms with Crippen LogP contribution in [-0.2, 0) is 21.6 Å². The van der Waals surface area contributed by atoms with Crippen LogP contribution in [0.2, 0.25) is 0 Å². The van der Waals surface area contributed by atoms with Crippen LogP contribution in [0.15, 0.2) is 96.6 Å². The SMILES string of the molecule is COC(=O)Cn1nnc(C=C2CN(C(c3ccccc3)(c3ccccc3)c3ccccc3)CCC2O)n1. The van der Waals surface area contributed by atoms with E-state index in [4.69, 9.17) is 0 Å². The Bertz CT molecular complexity index is 1260. The van der Waals surface area contributed by atoms with E-state index in [9.17, 15) is 9.90 Å². The van der Waals surface area contributed by atoms with E-state index in [0.29, 0.717) is 25.3 Å². The number of aliphatic hydroxyl groups excluding tert-OH is 1. The Balaban J connectivity index is 1.60. The molecule has 1 aliphatic heterocycles. The van der Waals surface area contributed by atoms with E-state index in [1.165, 1.54) is 11.9 Å². The predicted molar refractivity (Wildman–Crippen MR) is 139 cm³/mol. The van der Waals surface area contributed by atoms with E-state index < -0.39 is 17.6 Å². The standard InChI is InChI=1S/C29H29N5O3/c1-37-28(36)21-34-31-27(30-32-34)19-22-20-33(18-17-26(22)35)29(23-11-5-2-6-12-23,24-13-7-3-8-14-24)25-15-9-4-10-16-25/h2-16,19,26,35H,17-18,20-21H2,1H3. The molecule has 188 valence electrons. The van der Waals surface area contributed by atoms with E-state index in [1.54, 1.807) is 6.08 Å². The fraction of sp³-hybridized carbons (Fsp3) is 0.241. The molecular formula is C29H29N5O3. The number of aliphatic hydroxyl groups is 1. The molecule has 0 bridgehead atoms. The highest BCUT2D eigenvalue weighted by Crippen LogP contribution is 2.44. The Morgan fingerprint density at radius 2 is 1.51 bits per heavy atom. The smallest absolute Gasteiger partial charge is 0.329 e. The van der Waals surface area contributed by atoms with Gasteiger partial charge in [-0.3, -0.25) is 4.90 Å². The van der Waals surface area contributed by atoms with Crippen LogP contribution in [0.4, 0.5) is 0 Å². The monoisotopic (exact) mass is 495 g/mol. The maximum absolute atomic E-state index is 11.6. The number of piperidine rings is 1. The zero-order chi connectivity index (χ0) is 25.7. The van der Waals surface area contributed by atoms with Crippen LogP contribution in [0.25, 0.3) is 6.08 Å². The molecule has 0 saturated carbocycles. The Hall–Kier alpha value is -4.14. The van der Waals surface area contributed by atoms with Gasteiger partial charge in [-0.2, -0.15) is 4.80 Å². The number of carbonyl (C=O) groups is 1. The maximum atomic E-state index is 11.6. The minimum absolute atomic E-state index is 0.125. The number of nitrogens with zero attached hydrogens (tertiary/aromatic N) is 5. The molecule has 8 heteroatoms. The lowest BCUT2D eigenvalue weighted by molar-refractivity contribution is -0.141. The number of methoxy groups -OCH3 is 1. The van der Waals surface area contributed by atoms with Gasteiger partial charge in [0.2, 0.25) is 0 Å². The molecule has 8 nitrogen and oxygen atoms in total. The van der Waals surface area contributed by atoms with Crippen molar-refractivity contribution in [1.82, 2.24) is 25.1 Å². The normalized spacial score (nSPS) is 17.6. The second-order valence-electron chi connectivity index (χ2n) is 9.01. The zero-order valence-corrected chi connectivity index (χ0v) is 20.6. The van der Waals surface area contributed by atoms with Crippen LogP contribution in [0, 0.1) is 0 Å². The molecule has 0 spiro atoms. The maximum Gasteiger partial charge on any atom is 0.329 e. The van der Waals surface area contributed by atoms with Gasteiger partial charge in [-0.15, -0.1) is 10.2 Å². The fourth-order valence-corrected chi connectivity index (χ4v) is 5.11. The predicted octanol–water partition coefficient (Wildman–Crippen LogP) is 3.29. The van der Waals surface area contributed by atoms with Gasteiger partial charge in [0.05, 0.1) is 18.8 Å². The summed E-state index contributed by atoms with van der Waals surface area (Å²) in [5.74, 6) is -0.122. The largest absolute Gasteiger partial charge is 0.468 e. The van der Waals surface area contributed by atoms with Gasteiger partial charge in [0.15, 0.2) is 12.4 Å². The number of ether oxygens (including phenoxy) is 1. The molecule has 2 heterocycles. The molecule has 0 amide bonds. The van der Waals surface area contributed by atoms with E-state index in [2.05, 4.69) is 97.8 Å². The topological polar surface area (TPSA) is 93.4 Å². The van der Waals surface area contributed by atoms with Gasteiger partial charge in [-0.05, 0) is 40.0 Å². The first-order chi connectivity index (χ1) is 18.1. The lowest BCUT2D eigenvalue weighted by Gasteiger charge is -2.48. The molecule has 4 aromatic rings. The summed E-state index contributed by atoms with van der Waals surface area (Å²) in [6.07, 6.45) is 1.68. The summed E-state index contributed by atoms with van der Waals surface area (Å²) in [6.45, 7) is 1.05. The lowest BCUT2D eigenvalue weighted by Crippen LogP contribution is -2.52. The molecule has 5 rings (SSSR count). The van der Waals surface area contributed by atoms with E-state index >= 15 is 0 Å². The van der Waals surface area contributed by atoms with Gasteiger partial charge in [-0.25, -0.2) is 4.79 Å². The first-order valence-corrected chi connectivity index (χ1v) is 12.3. The highest BCUT2D eigenvalue weighted by molar-refractivity contribution is 5.68. The van der Waals surface area contributed by atoms with Crippen LogP contribution >= 0.6 is 0 Å². The summed E-state index contributed by atoms with van der Waals surface area (Å²) in [5.41, 5.74) is 3.63. The quantitative estimate of drug-likeness (QED) is 0.311. The number of hydrogen-bond donors (Lipinski definition) is 1. The van der Waals surface area contributed by atoms with Gasteiger partial charge < -0.3 is 9.84 Å². The summed E-state index contributed by atoms with van der Waals surface area (Å²) in [7, 11) is 1.31. The van der Waals surface area contributed by atoms with Crippen molar-refractivity contribution < 1.29 is 14.6 Å². The molecule has 1 fully saturated rings. The molecule has 0 aliphatic carbocycles. The second kappa shape index (κ2) is 10.9. The van der Waals surface area contributed by atoms with Crippen molar-refractivity contribution in [3.63, 3.8) is 0 Å². The van der Waals surface area contributed by atoms with Crippen LogP contribution in [0.1, 0.15) is 28.9 Å². The van der Waals surface area contributed by atoms with Gasteiger partial charge in [0.1, 0.15) is 0 Å². The third-order valence-electron chi connectivity index (χ3n) is 6.80. The molecule has 37 heavy (non-hydrogen) atoms. The average Bonchev–Trinajstić information content (AvgIpc) is 3.39. The van der Waals surface area contributed by atoms with E-state index in [0.717, 1.165) is 22.3 Å². The molecular weight excluding hydrogens is 466 g/mol. The van der Waals surface area contributed by atoms with Crippen LogP contribution in [0.3, 0.4) is 0 Å². The Kier molecular flexibility index (Phi) is 7.20. The summed E-state index contributed by atoms with van der Waals surface area (Å²) in [5, 5.41) is 23.2. The van der Waals surface area contributed by atoms with E-state index in [1.807, 2.05) is 18.2 Å². The Morgan fingerprint density at radius 3 is 2.03 bits per heavy atom. The molecule has 3 aromatic carbocycles. The number of benzene rings is 3. The molecule has 1 unspecified atom stereocenters. The van der Waals surface area contributed by atoms with Crippen molar-refractivity contribution >= 4 is 12.0 Å². The molecule has 1 atom stereocenters. The number of esters is 1. The average molecular weight is 496 g/mol. The molecule has 1 N–H and O–H groups in total. The number of likely N-dealkylation sites (tertiary alicyclic amines) is 1. The number of hydrogen-bond acceptors (Lipinski definition) is 7. The minimum Gasteiger partial charge on any atom is -0.468 e. The fourth-order valence-electron chi connectivity index (χ4n) is 5.11. The number of aromatic nitrogens is 4. The second-order valence-corrected chi connectivity index (χ2v) is 9.01. The first kappa shape index (κ1) is 24.5. The van der Waals surface area contributed by atoms with E-state index in [-0.39, 0.29) is 6.54 Å². The van der Waals surface area contributed by atoms with Gasteiger partial charge in [-0.1, -0.05) is 91.0 Å². The number of rotatable bonds is 7. The Morgan fingerprint density at radius 1 is 0.973 bits per heavy atom. The zero-order valence-electron chi connectivity index (χ0n) is 20.6. The summed E-state index contributed by atoms with van der Waals surface area (Å²) >= 11 is 0. The number of tetrazole rings is 1. The first-order valence-electron chi connectivity index (χ1n) is 12.3. The molecule has 1 aromatic heterocycles. The van der Waals surface area contributed by atoms with Crippen LogP contribution < -0.4 is 0 Å². The highest BCUT2D eigenvalue weighted by atomic mass is 16.5. The lowest BCUT2D eigenvalue weighted by atomic mass is 9.74. The minimum atomic E-state index is -0.635. The number of carbonyl (C=O) groups excluding carboxylic acids is 1. The van der Waals surface area contributed by atoms with Crippen molar-refractivity contribution in [1.29, 1.82) is 0 Å². The molecule has 1 aliphatic rings. The molecule has 0 radical (unpaired) electrons. The van der Waals surface area contributed by atoms with Gasteiger partial charge in [0.25, 0.3) is 0 Å². The third kappa shape index (κ3) is 4.94. The Labute approximate surface area is 215 Å². The van der Waals surface area contributed by atoms with Crippen molar-refractivity contribution in [3.8, 4) is 0 Å². The van der Waals surface area contributed by atoms with Crippen molar-refractivity contribution in [2.75, 3.05) is 20.2 Å². The summed E-state index contributed by atoms with van der Waals surface area (Å²) in [6, 6.07) is 31.4. The highest BCUT2D eigenvalue weighted by Gasteiger charge is 2.44. The van der Waals surface area contributed by atoms with Crippen molar-refractivity contribution in [3.05, 3.63) is 119 Å². The summed E-state index contributed by atoms with van der Waals surface area (Å²) < 4.78 is 4.68.